The molecule has 1 N–H and O–H groups in total. The van der Waals surface area contributed by atoms with Gasteiger partial charge in [-0.15, -0.1) is 0 Å². The van der Waals surface area contributed by atoms with Crippen LogP contribution in [0.25, 0.3) is 0 Å². The summed E-state index contributed by atoms with van der Waals surface area (Å²) >= 11 is 3.50. The minimum atomic E-state index is -0.0296. The van der Waals surface area contributed by atoms with Crippen LogP contribution in [0.1, 0.15) is 65.6 Å². The molecule has 1 aromatic rings. The van der Waals surface area contributed by atoms with E-state index < -0.39 is 0 Å². The maximum Gasteiger partial charge on any atom is 0.137 e. The van der Waals surface area contributed by atoms with Gasteiger partial charge in [0, 0.05) is 17.5 Å². The van der Waals surface area contributed by atoms with Crippen molar-refractivity contribution in [3.8, 4) is 0 Å². The largest absolute Gasteiger partial charge is 0.367 e. The standard InChI is InChI=1S/C16H26BrN3/c1-11-6-5-7-12(9-8-11)18-14-10-13(17)19-15(20-14)16(2,3)4/h10-12H,5-9H2,1-4H3,(H,18,19,20). The van der Waals surface area contributed by atoms with Crippen LogP contribution in [-0.2, 0) is 5.41 Å². The van der Waals surface area contributed by atoms with Crippen molar-refractivity contribution < 1.29 is 0 Å². The Morgan fingerprint density at radius 2 is 1.90 bits per heavy atom. The molecule has 3 nitrogen and oxygen atoms in total. The Morgan fingerprint density at radius 1 is 1.15 bits per heavy atom. The van der Waals surface area contributed by atoms with E-state index in [-0.39, 0.29) is 5.41 Å². The highest BCUT2D eigenvalue weighted by Crippen LogP contribution is 2.26. The quantitative estimate of drug-likeness (QED) is 0.613. The molecule has 0 aliphatic heterocycles. The molecule has 0 aromatic carbocycles. The maximum atomic E-state index is 4.70. The van der Waals surface area contributed by atoms with E-state index in [1.807, 2.05) is 6.07 Å². The fraction of sp³-hybridized carbons (Fsp3) is 0.750. The van der Waals surface area contributed by atoms with E-state index in [9.17, 15) is 0 Å². The lowest BCUT2D eigenvalue weighted by molar-refractivity contribution is 0.501. The number of anilines is 1. The van der Waals surface area contributed by atoms with Gasteiger partial charge in [-0.2, -0.15) is 0 Å². The first-order valence-electron chi connectivity index (χ1n) is 7.66. The second-order valence-corrected chi connectivity index (χ2v) is 7.92. The minimum absolute atomic E-state index is 0.0296. The van der Waals surface area contributed by atoms with Crippen molar-refractivity contribution in [2.45, 2.75) is 71.3 Å². The predicted octanol–water partition coefficient (Wildman–Crippen LogP) is 4.92. The lowest BCUT2D eigenvalue weighted by Crippen LogP contribution is -2.22. The summed E-state index contributed by atoms with van der Waals surface area (Å²) in [5, 5.41) is 3.61. The second kappa shape index (κ2) is 6.42. The van der Waals surface area contributed by atoms with Crippen molar-refractivity contribution in [2.24, 2.45) is 5.92 Å². The molecule has 1 saturated carbocycles. The normalized spacial score (nSPS) is 24.2. The Balaban J connectivity index is 2.11. The van der Waals surface area contributed by atoms with E-state index in [1.165, 1.54) is 32.1 Å². The Bertz CT molecular complexity index is 454. The molecule has 0 spiro atoms. The molecule has 0 amide bonds. The van der Waals surface area contributed by atoms with Crippen LogP contribution in [0, 0.1) is 5.92 Å². The van der Waals surface area contributed by atoms with E-state index in [4.69, 9.17) is 4.98 Å². The zero-order valence-electron chi connectivity index (χ0n) is 13.0. The summed E-state index contributed by atoms with van der Waals surface area (Å²) < 4.78 is 0.863. The number of aromatic nitrogens is 2. The summed E-state index contributed by atoms with van der Waals surface area (Å²) in [7, 11) is 0. The van der Waals surface area contributed by atoms with Gasteiger partial charge in [0.05, 0.1) is 0 Å². The molecule has 1 aliphatic carbocycles. The van der Waals surface area contributed by atoms with Crippen molar-refractivity contribution in [1.29, 1.82) is 0 Å². The van der Waals surface area contributed by atoms with Crippen LogP contribution < -0.4 is 5.32 Å². The second-order valence-electron chi connectivity index (χ2n) is 7.10. The van der Waals surface area contributed by atoms with Crippen molar-refractivity contribution in [3.63, 3.8) is 0 Å². The van der Waals surface area contributed by atoms with Gasteiger partial charge in [-0.05, 0) is 41.1 Å². The fourth-order valence-corrected chi connectivity index (χ4v) is 3.05. The van der Waals surface area contributed by atoms with Crippen LogP contribution in [0.15, 0.2) is 10.7 Å². The highest BCUT2D eigenvalue weighted by atomic mass is 79.9. The van der Waals surface area contributed by atoms with E-state index >= 15 is 0 Å². The minimum Gasteiger partial charge on any atom is -0.367 e. The molecule has 112 valence electrons. The molecule has 1 fully saturated rings. The smallest absolute Gasteiger partial charge is 0.137 e. The molecule has 0 radical (unpaired) electrons. The highest BCUT2D eigenvalue weighted by molar-refractivity contribution is 9.10. The van der Waals surface area contributed by atoms with Crippen LogP contribution in [0.4, 0.5) is 5.82 Å². The van der Waals surface area contributed by atoms with E-state index in [0.717, 1.165) is 22.2 Å². The average Bonchev–Trinajstić information content (AvgIpc) is 2.53. The van der Waals surface area contributed by atoms with Gasteiger partial charge in [0.25, 0.3) is 0 Å². The monoisotopic (exact) mass is 339 g/mol. The predicted molar refractivity (Wildman–Crippen MR) is 88.1 cm³/mol. The summed E-state index contributed by atoms with van der Waals surface area (Å²) in [6.45, 7) is 8.80. The number of hydrogen-bond donors (Lipinski definition) is 1. The fourth-order valence-electron chi connectivity index (χ4n) is 2.67. The first-order valence-corrected chi connectivity index (χ1v) is 8.45. The molecule has 1 aliphatic rings. The average molecular weight is 340 g/mol. The number of nitrogens with one attached hydrogen (secondary N) is 1. The molecule has 2 rings (SSSR count). The molecule has 0 bridgehead atoms. The third kappa shape index (κ3) is 4.44. The van der Waals surface area contributed by atoms with Gasteiger partial charge in [-0.1, -0.05) is 40.5 Å². The van der Waals surface area contributed by atoms with E-state index in [2.05, 4.69) is 53.9 Å². The Hall–Kier alpha value is -0.640. The summed E-state index contributed by atoms with van der Waals surface area (Å²) in [5.74, 6) is 2.71. The van der Waals surface area contributed by atoms with E-state index in [0.29, 0.717) is 6.04 Å². The van der Waals surface area contributed by atoms with Gasteiger partial charge >= 0.3 is 0 Å². The van der Waals surface area contributed by atoms with Crippen LogP contribution >= 0.6 is 15.9 Å². The first kappa shape index (κ1) is 15.7. The third-order valence-corrected chi connectivity index (χ3v) is 4.38. The molecular weight excluding hydrogens is 314 g/mol. The number of rotatable bonds is 2. The van der Waals surface area contributed by atoms with Gasteiger partial charge < -0.3 is 5.32 Å². The Morgan fingerprint density at radius 3 is 2.60 bits per heavy atom. The number of nitrogens with zero attached hydrogens (tertiary/aromatic N) is 2. The van der Waals surface area contributed by atoms with Crippen LogP contribution in [0.2, 0.25) is 0 Å². The first-order chi connectivity index (χ1) is 9.34. The van der Waals surface area contributed by atoms with Gasteiger partial charge in [-0.3, -0.25) is 0 Å². The highest BCUT2D eigenvalue weighted by Gasteiger charge is 2.20. The number of halogens is 1. The topological polar surface area (TPSA) is 37.8 Å². The van der Waals surface area contributed by atoms with Gasteiger partial charge in [0.1, 0.15) is 16.2 Å². The van der Waals surface area contributed by atoms with Gasteiger partial charge in [0.15, 0.2) is 0 Å². The lowest BCUT2D eigenvalue weighted by atomic mass is 9.96. The molecule has 4 heteroatoms. The Kier molecular flexibility index (Phi) is 5.05. The SMILES string of the molecule is CC1CCCC(Nc2cc(Br)nc(C(C)(C)C)n2)CC1. The van der Waals surface area contributed by atoms with Crippen LogP contribution in [0.3, 0.4) is 0 Å². The molecule has 20 heavy (non-hydrogen) atoms. The summed E-state index contributed by atoms with van der Waals surface area (Å²) in [4.78, 5) is 9.19. The van der Waals surface area contributed by atoms with Crippen LogP contribution in [-0.4, -0.2) is 16.0 Å². The molecule has 1 aromatic heterocycles. The zero-order chi connectivity index (χ0) is 14.8. The van der Waals surface area contributed by atoms with Crippen molar-refractivity contribution in [3.05, 3.63) is 16.5 Å². The van der Waals surface area contributed by atoms with Crippen molar-refractivity contribution >= 4 is 21.7 Å². The van der Waals surface area contributed by atoms with E-state index in [1.54, 1.807) is 0 Å². The molecule has 2 unspecified atom stereocenters. The van der Waals surface area contributed by atoms with Crippen LogP contribution in [0.5, 0.6) is 0 Å². The summed E-state index contributed by atoms with van der Waals surface area (Å²) in [5.41, 5.74) is -0.0296. The summed E-state index contributed by atoms with van der Waals surface area (Å²) in [6, 6.07) is 2.54. The van der Waals surface area contributed by atoms with Crippen molar-refractivity contribution in [1.82, 2.24) is 9.97 Å². The van der Waals surface area contributed by atoms with Crippen molar-refractivity contribution in [2.75, 3.05) is 5.32 Å². The molecule has 1 heterocycles. The third-order valence-electron chi connectivity index (χ3n) is 3.98. The van der Waals surface area contributed by atoms with Gasteiger partial charge in [0.2, 0.25) is 0 Å². The molecule has 0 saturated heterocycles. The summed E-state index contributed by atoms with van der Waals surface area (Å²) in [6.07, 6.45) is 6.48. The van der Waals surface area contributed by atoms with Gasteiger partial charge in [-0.25, -0.2) is 9.97 Å². The maximum absolute atomic E-state index is 4.70. The molecule has 2 atom stereocenters. The Labute approximate surface area is 131 Å². The lowest BCUT2D eigenvalue weighted by Gasteiger charge is -2.21. The molecular formula is C16H26BrN3. The number of hydrogen-bond acceptors (Lipinski definition) is 3. The zero-order valence-corrected chi connectivity index (χ0v) is 14.6.